The van der Waals surface area contributed by atoms with Gasteiger partial charge in [-0.1, -0.05) is 50.6 Å². The van der Waals surface area contributed by atoms with E-state index < -0.39 is 54.1 Å². The molecular weight excluding hydrogens is 496 g/mol. The smallest absolute Gasteiger partial charge is 0.304 e. The maximum atomic E-state index is 13.3. The minimum atomic E-state index is -1.12. The number of hydrogen-bond donors (Lipinski definition) is 5. The minimum Gasteiger partial charge on any atom is -0.481 e. The lowest BCUT2D eigenvalue weighted by molar-refractivity contribution is -0.141. The summed E-state index contributed by atoms with van der Waals surface area (Å²) in [6.45, 7) is 4.71. The molecule has 204 valence electrons. The van der Waals surface area contributed by atoms with E-state index in [9.17, 15) is 24.0 Å². The highest BCUT2D eigenvalue weighted by molar-refractivity contribution is 6.05. The van der Waals surface area contributed by atoms with Crippen molar-refractivity contribution in [2.24, 2.45) is 11.8 Å². The Morgan fingerprint density at radius 3 is 2.53 bits per heavy atom. The van der Waals surface area contributed by atoms with Crippen molar-refractivity contribution in [1.82, 2.24) is 36.6 Å². The number of aromatic amines is 1. The predicted molar refractivity (Wildman–Crippen MR) is 133 cm³/mol. The quantitative estimate of drug-likeness (QED) is 0.242. The van der Waals surface area contributed by atoms with Gasteiger partial charge in [-0.15, -0.1) is 10.2 Å². The summed E-state index contributed by atoms with van der Waals surface area (Å²) in [6.07, 6.45) is 0.479. The van der Waals surface area contributed by atoms with Crippen LogP contribution in [0.1, 0.15) is 45.0 Å². The molecule has 1 aliphatic rings. The third-order valence-corrected chi connectivity index (χ3v) is 6.49. The zero-order valence-corrected chi connectivity index (χ0v) is 21.4. The fraction of sp³-hybridized carbons (Fsp3) is 0.500. The molecule has 0 bridgehead atoms. The van der Waals surface area contributed by atoms with E-state index in [1.807, 2.05) is 19.1 Å². The molecule has 3 rings (SSSR count). The second-order valence-corrected chi connectivity index (χ2v) is 9.25. The number of nitrogens with one attached hydrogen (secondary N) is 4. The number of amides is 4. The van der Waals surface area contributed by atoms with E-state index >= 15 is 0 Å². The molecule has 0 radical (unpaired) electrons. The normalized spacial score (nSPS) is 16.6. The number of carbonyl (C=O) groups is 5. The summed E-state index contributed by atoms with van der Waals surface area (Å²) in [6, 6.07) is 5.32. The molecule has 3 unspecified atom stereocenters. The number of carbonyl (C=O) groups excluding carboxylic acids is 4. The van der Waals surface area contributed by atoms with Crippen LogP contribution in [-0.2, 0) is 36.9 Å². The van der Waals surface area contributed by atoms with Crippen LogP contribution in [0.3, 0.4) is 0 Å². The van der Waals surface area contributed by atoms with E-state index in [0.29, 0.717) is 18.5 Å². The van der Waals surface area contributed by atoms with Crippen LogP contribution in [0, 0.1) is 11.8 Å². The molecule has 2 heterocycles. The van der Waals surface area contributed by atoms with E-state index in [-0.39, 0.29) is 24.7 Å². The van der Waals surface area contributed by atoms with Gasteiger partial charge in [-0.05, 0) is 17.5 Å². The van der Waals surface area contributed by atoms with Crippen LogP contribution in [0.5, 0.6) is 0 Å². The number of benzene rings is 1. The van der Waals surface area contributed by atoms with Gasteiger partial charge in [0.1, 0.15) is 12.1 Å². The van der Waals surface area contributed by atoms with Crippen LogP contribution in [0.4, 0.5) is 5.69 Å². The molecule has 4 atom stereocenters. The van der Waals surface area contributed by atoms with Crippen molar-refractivity contribution < 1.29 is 29.1 Å². The zero-order chi connectivity index (χ0) is 27.8. The number of hydrogen-bond acceptors (Lipinski definition) is 8. The van der Waals surface area contributed by atoms with Crippen molar-refractivity contribution in [2.75, 3.05) is 11.4 Å². The topological polar surface area (TPSA) is 199 Å². The highest BCUT2D eigenvalue weighted by atomic mass is 16.4. The lowest BCUT2D eigenvalue weighted by Crippen LogP contribution is -2.55. The summed E-state index contributed by atoms with van der Waals surface area (Å²) in [4.78, 5) is 64.1. The Balaban J connectivity index is 1.68. The van der Waals surface area contributed by atoms with E-state index in [1.54, 1.807) is 19.1 Å². The van der Waals surface area contributed by atoms with E-state index in [4.69, 9.17) is 5.11 Å². The van der Waals surface area contributed by atoms with Gasteiger partial charge in [0.25, 0.3) is 0 Å². The van der Waals surface area contributed by atoms with Crippen molar-refractivity contribution in [3.8, 4) is 0 Å². The average Bonchev–Trinajstić information content (AvgIpc) is 3.55. The van der Waals surface area contributed by atoms with E-state index in [0.717, 1.165) is 5.56 Å². The molecule has 0 fully saturated rings. The van der Waals surface area contributed by atoms with Gasteiger partial charge in [-0.3, -0.25) is 28.9 Å². The molecule has 0 saturated carbocycles. The van der Waals surface area contributed by atoms with Crippen molar-refractivity contribution in [3.63, 3.8) is 0 Å². The van der Waals surface area contributed by atoms with Crippen LogP contribution in [0.2, 0.25) is 0 Å². The molecule has 4 amide bonds. The van der Waals surface area contributed by atoms with Gasteiger partial charge in [0.05, 0.1) is 19.5 Å². The van der Waals surface area contributed by atoms with Gasteiger partial charge in [-0.2, -0.15) is 5.21 Å². The van der Waals surface area contributed by atoms with E-state index in [2.05, 4.69) is 36.6 Å². The number of tetrazole rings is 1. The summed E-state index contributed by atoms with van der Waals surface area (Å²) in [5, 5.41) is 30.2. The summed E-state index contributed by atoms with van der Waals surface area (Å²) in [7, 11) is 0. The molecule has 1 aromatic carbocycles. The van der Waals surface area contributed by atoms with Crippen molar-refractivity contribution in [1.29, 1.82) is 0 Å². The first kappa shape index (κ1) is 28.2. The molecule has 0 saturated heterocycles. The molecule has 14 nitrogen and oxygen atoms in total. The van der Waals surface area contributed by atoms with Gasteiger partial charge < -0.3 is 21.1 Å². The first-order valence-corrected chi connectivity index (χ1v) is 12.3. The number of nitrogens with zero attached hydrogens (tertiary/aromatic N) is 4. The number of para-hydroxylation sites is 1. The first-order valence-electron chi connectivity index (χ1n) is 12.3. The third-order valence-electron chi connectivity index (χ3n) is 6.49. The zero-order valence-electron chi connectivity index (χ0n) is 21.4. The lowest BCUT2D eigenvalue weighted by Gasteiger charge is -2.27. The molecule has 5 N–H and O–H groups in total. The van der Waals surface area contributed by atoms with Crippen LogP contribution < -0.4 is 20.9 Å². The van der Waals surface area contributed by atoms with Crippen LogP contribution in [0.15, 0.2) is 24.3 Å². The van der Waals surface area contributed by atoms with Crippen molar-refractivity contribution >= 4 is 35.3 Å². The molecule has 38 heavy (non-hydrogen) atoms. The molecular formula is C24H32N8O6. The minimum absolute atomic E-state index is 0.0253. The van der Waals surface area contributed by atoms with Gasteiger partial charge in [0.2, 0.25) is 23.6 Å². The molecule has 1 aliphatic heterocycles. The monoisotopic (exact) mass is 528 g/mol. The second-order valence-electron chi connectivity index (χ2n) is 9.25. The maximum absolute atomic E-state index is 13.3. The van der Waals surface area contributed by atoms with Gasteiger partial charge >= 0.3 is 5.97 Å². The number of aromatic nitrogens is 4. The summed E-state index contributed by atoms with van der Waals surface area (Å²) >= 11 is 0. The number of H-pyrrole nitrogens is 1. The summed E-state index contributed by atoms with van der Waals surface area (Å²) in [5.41, 5.74) is 1.38. The first-order chi connectivity index (χ1) is 18.1. The molecule has 0 spiro atoms. The van der Waals surface area contributed by atoms with Crippen molar-refractivity contribution in [2.45, 2.75) is 58.7 Å². The Morgan fingerprint density at radius 1 is 1.13 bits per heavy atom. The average molecular weight is 529 g/mol. The summed E-state index contributed by atoms with van der Waals surface area (Å²) < 4.78 is 0. The van der Waals surface area contributed by atoms with Gasteiger partial charge in [-0.25, -0.2) is 0 Å². The lowest BCUT2D eigenvalue weighted by atomic mass is 9.97. The largest absolute Gasteiger partial charge is 0.481 e. The van der Waals surface area contributed by atoms with Gasteiger partial charge in [0, 0.05) is 18.0 Å². The highest BCUT2D eigenvalue weighted by Crippen LogP contribution is 2.32. The number of anilines is 1. The Labute approximate surface area is 218 Å². The number of rotatable bonds is 12. The molecule has 0 aliphatic carbocycles. The fourth-order valence-corrected chi connectivity index (χ4v) is 4.16. The number of aliphatic carboxylic acids is 1. The number of fused-ring (bicyclic) bond motifs is 1. The fourth-order valence-electron chi connectivity index (χ4n) is 4.16. The predicted octanol–water partition coefficient (Wildman–Crippen LogP) is -0.468. The van der Waals surface area contributed by atoms with E-state index in [1.165, 1.54) is 11.8 Å². The standard InChI is InChI=1S/C24H32N8O6/c1-4-13(2)21(27-22(36)14(3)9-20(34)35)24(38)26-12-19(33)32-16-8-6-5-7-15(16)10-17(32)23(37)25-11-18-28-30-31-29-18/h5-8,13-14,17,21H,4,9-12H2,1-3H3,(H,25,37)(H,26,38)(H,27,36)(H,34,35)(H,28,29,30,31)/t13?,14?,17-,21?/m0/s1. The Morgan fingerprint density at radius 2 is 1.87 bits per heavy atom. The van der Waals surface area contributed by atoms with Crippen LogP contribution in [-0.4, -0.2) is 74.0 Å². The maximum Gasteiger partial charge on any atom is 0.304 e. The number of carboxylic acids is 1. The SMILES string of the molecule is CCC(C)C(NC(=O)C(C)CC(=O)O)C(=O)NCC(=O)N1c2ccccc2C[C@H]1C(=O)NCc1nn[nH]n1. The number of carboxylic acid groups (broad SMARTS) is 1. The highest BCUT2D eigenvalue weighted by Gasteiger charge is 2.38. The third kappa shape index (κ3) is 6.89. The molecule has 2 aromatic rings. The molecule has 14 heteroatoms. The summed E-state index contributed by atoms with van der Waals surface area (Å²) in [5.74, 6) is -4.00. The van der Waals surface area contributed by atoms with Gasteiger partial charge in [0.15, 0.2) is 5.82 Å². The Hall–Kier alpha value is -4.36. The second kappa shape index (κ2) is 12.7. The molecule has 1 aromatic heterocycles. The van der Waals surface area contributed by atoms with Crippen molar-refractivity contribution in [3.05, 3.63) is 35.7 Å². The van der Waals surface area contributed by atoms with Crippen LogP contribution >= 0.6 is 0 Å². The Kier molecular flexibility index (Phi) is 9.46. The van der Waals surface area contributed by atoms with Crippen LogP contribution in [0.25, 0.3) is 0 Å². The Bertz CT molecular complexity index is 1170.